The van der Waals surface area contributed by atoms with Gasteiger partial charge in [-0.25, -0.2) is 0 Å². The fourth-order valence-corrected chi connectivity index (χ4v) is 2.31. The van der Waals surface area contributed by atoms with Crippen molar-refractivity contribution in [1.29, 1.82) is 0 Å². The molecule has 106 valence electrons. The normalized spacial score (nSPS) is 12.4. The van der Waals surface area contributed by atoms with E-state index in [1.165, 1.54) is 0 Å². The molecule has 3 heteroatoms. The van der Waals surface area contributed by atoms with Crippen molar-refractivity contribution in [2.45, 2.75) is 31.0 Å². The van der Waals surface area contributed by atoms with Gasteiger partial charge >= 0.3 is 0 Å². The maximum absolute atomic E-state index is 11.0. The quantitative estimate of drug-likeness (QED) is 0.726. The lowest BCUT2D eigenvalue weighted by molar-refractivity contribution is -0.0261. The van der Waals surface area contributed by atoms with Crippen LogP contribution in [0.3, 0.4) is 0 Å². The molecule has 0 aliphatic rings. The van der Waals surface area contributed by atoms with E-state index in [0.717, 1.165) is 11.1 Å². The molecule has 3 nitrogen and oxygen atoms in total. The number of aliphatic hydroxyl groups is 1. The van der Waals surface area contributed by atoms with Gasteiger partial charge in [0.25, 0.3) is 0 Å². The predicted molar refractivity (Wildman–Crippen MR) is 82.0 cm³/mol. The van der Waals surface area contributed by atoms with E-state index in [1.807, 2.05) is 60.7 Å². The zero-order valence-corrected chi connectivity index (χ0v) is 11.8. The van der Waals surface area contributed by atoms with Gasteiger partial charge in [0, 0.05) is 12.8 Å². The topological polar surface area (TPSA) is 72.3 Å². The molecule has 0 heterocycles. The Balaban J connectivity index is 2.27. The van der Waals surface area contributed by atoms with E-state index < -0.39 is 11.3 Å². The summed E-state index contributed by atoms with van der Waals surface area (Å²) in [5, 5.41) is 11.0. The van der Waals surface area contributed by atoms with Crippen LogP contribution >= 0.6 is 0 Å². The van der Waals surface area contributed by atoms with Crippen LogP contribution in [0.4, 0.5) is 0 Å². The summed E-state index contributed by atoms with van der Waals surface area (Å²) in [6.07, 6.45) is 0.846. The Morgan fingerprint density at radius 2 is 1.15 bits per heavy atom. The van der Waals surface area contributed by atoms with Crippen molar-refractivity contribution in [2.75, 3.05) is 0 Å². The predicted octanol–water partition coefficient (Wildman–Crippen LogP) is 1.84. The van der Waals surface area contributed by atoms with E-state index in [9.17, 15) is 5.11 Å². The smallest absolute Gasteiger partial charge is 0.103 e. The van der Waals surface area contributed by atoms with E-state index in [4.69, 9.17) is 11.5 Å². The van der Waals surface area contributed by atoms with Crippen LogP contribution in [0, 0.1) is 0 Å². The molecule has 0 aliphatic heterocycles. The van der Waals surface area contributed by atoms with Gasteiger partial charge in [0.1, 0.15) is 5.60 Å². The summed E-state index contributed by atoms with van der Waals surface area (Å²) in [5.74, 6) is 0. The Morgan fingerprint density at radius 1 is 0.800 bits per heavy atom. The molecule has 0 amide bonds. The summed E-state index contributed by atoms with van der Waals surface area (Å²) in [5.41, 5.74) is 11.7. The van der Waals surface area contributed by atoms with Crippen molar-refractivity contribution in [3.05, 3.63) is 71.8 Å². The molecular weight excluding hydrogens is 248 g/mol. The van der Waals surface area contributed by atoms with Gasteiger partial charge in [-0.15, -0.1) is 0 Å². The Bertz CT molecular complexity index is 490. The first-order valence-electron chi connectivity index (χ1n) is 6.79. The van der Waals surface area contributed by atoms with Gasteiger partial charge in [0.2, 0.25) is 0 Å². The van der Waals surface area contributed by atoms with E-state index >= 15 is 0 Å². The van der Waals surface area contributed by atoms with Crippen molar-refractivity contribution in [1.82, 2.24) is 0 Å². The molecule has 0 spiro atoms. The standard InChI is InChI=1S/C17H22N2O/c1-16(18,19)17(20,12-14-8-4-2-5-9-14)13-15-10-6-3-7-11-15/h2-11,20H,12-13,18-19H2,1H3. The van der Waals surface area contributed by atoms with Crippen LogP contribution < -0.4 is 11.5 Å². The van der Waals surface area contributed by atoms with Crippen LogP contribution in [0.15, 0.2) is 60.7 Å². The second-order valence-corrected chi connectivity index (χ2v) is 5.64. The van der Waals surface area contributed by atoms with E-state index in [-0.39, 0.29) is 0 Å². The van der Waals surface area contributed by atoms with Gasteiger partial charge in [-0.3, -0.25) is 0 Å². The molecule has 0 atom stereocenters. The van der Waals surface area contributed by atoms with E-state index in [1.54, 1.807) is 6.92 Å². The van der Waals surface area contributed by atoms with Crippen LogP contribution in [0.25, 0.3) is 0 Å². The number of rotatable bonds is 5. The van der Waals surface area contributed by atoms with Crippen molar-refractivity contribution in [3.8, 4) is 0 Å². The van der Waals surface area contributed by atoms with Gasteiger partial charge in [0.05, 0.1) is 5.66 Å². The molecule has 0 radical (unpaired) electrons. The molecule has 0 saturated heterocycles. The minimum atomic E-state index is -1.20. The minimum absolute atomic E-state index is 0.423. The van der Waals surface area contributed by atoms with Gasteiger partial charge in [-0.05, 0) is 18.1 Å². The highest BCUT2D eigenvalue weighted by molar-refractivity contribution is 5.24. The summed E-state index contributed by atoms with van der Waals surface area (Å²) in [4.78, 5) is 0. The van der Waals surface area contributed by atoms with Gasteiger partial charge in [-0.2, -0.15) is 0 Å². The zero-order chi connectivity index (χ0) is 14.6. The molecule has 2 aromatic rings. The fourth-order valence-electron chi connectivity index (χ4n) is 2.31. The Morgan fingerprint density at radius 3 is 1.45 bits per heavy atom. The van der Waals surface area contributed by atoms with Crippen LogP contribution in [-0.2, 0) is 12.8 Å². The first kappa shape index (κ1) is 14.7. The molecule has 0 aliphatic carbocycles. The Labute approximate surface area is 120 Å². The number of hydrogen-bond acceptors (Lipinski definition) is 3. The zero-order valence-electron chi connectivity index (χ0n) is 11.8. The average molecular weight is 270 g/mol. The third-order valence-electron chi connectivity index (χ3n) is 3.68. The molecule has 2 aromatic carbocycles. The molecule has 2 rings (SSSR count). The third kappa shape index (κ3) is 3.45. The van der Waals surface area contributed by atoms with Crippen LogP contribution in [-0.4, -0.2) is 16.4 Å². The molecule has 20 heavy (non-hydrogen) atoms. The summed E-state index contributed by atoms with van der Waals surface area (Å²) in [6, 6.07) is 19.6. The molecule has 0 aromatic heterocycles. The summed E-state index contributed by atoms with van der Waals surface area (Å²) in [7, 11) is 0. The highest BCUT2D eigenvalue weighted by Crippen LogP contribution is 2.25. The van der Waals surface area contributed by atoms with Crippen LogP contribution in [0.1, 0.15) is 18.1 Å². The van der Waals surface area contributed by atoms with Gasteiger partial charge in [-0.1, -0.05) is 60.7 Å². The molecule has 5 N–H and O–H groups in total. The van der Waals surface area contributed by atoms with Gasteiger partial charge in [0.15, 0.2) is 0 Å². The molecule has 0 unspecified atom stereocenters. The largest absolute Gasteiger partial charge is 0.386 e. The second kappa shape index (κ2) is 5.75. The first-order chi connectivity index (χ1) is 9.41. The number of benzene rings is 2. The maximum Gasteiger partial charge on any atom is 0.103 e. The van der Waals surface area contributed by atoms with E-state index in [2.05, 4.69) is 0 Å². The maximum atomic E-state index is 11.0. The van der Waals surface area contributed by atoms with E-state index in [0.29, 0.717) is 12.8 Å². The fraction of sp³-hybridized carbons (Fsp3) is 0.294. The first-order valence-corrected chi connectivity index (χ1v) is 6.79. The third-order valence-corrected chi connectivity index (χ3v) is 3.68. The van der Waals surface area contributed by atoms with Crippen molar-refractivity contribution < 1.29 is 5.11 Å². The lowest BCUT2D eigenvalue weighted by atomic mass is 9.79. The SMILES string of the molecule is CC(N)(N)C(O)(Cc1ccccc1)Cc1ccccc1. The molecule has 0 fully saturated rings. The summed E-state index contributed by atoms with van der Waals surface area (Å²) in [6.45, 7) is 1.67. The number of hydrogen-bond donors (Lipinski definition) is 3. The van der Waals surface area contributed by atoms with Crippen LogP contribution in [0.2, 0.25) is 0 Å². The lowest BCUT2D eigenvalue weighted by Gasteiger charge is -2.40. The van der Waals surface area contributed by atoms with Crippen molar-refractivity contribution in [2.24, 2.45) is 11.5 Å². The summed E-state index contributed by atoms with van der Waals surface area (Å²) >= 11 is 0. The van der Waals surface area contributed by atoms with Crippen molar-refractivity contribution >= 4 is 0 Å². The highest BCUT2D eigenvalue weighted by atomic mass is 16.3. The van der Waals surface area contributed by atoms with Crippen molar-refractivity contribution in [3.63, 3.8) is 0 Å². The Kier molecular flexibility index (Phi) is 4.23. The monoisotopic (exact) mass is 270 g/mol. The Hall–Kier alpha value is -1.68. The molecule has 0 saturated carbocycles. The molecule has 0 bridgehead atoms. The summed E-state index contributed by atoms with van der Waals surface area (Å²) < 4.78 is 0. The highest BCUT2D eigenvalue weighted by Gasteiger charge is 2.41. The minimum Gasteiger partial charge on any atom is -0.386 e. The van der Waals surface area contributed by atoms with Crippen LogP contribution in [0.5, 0.6) is 0 Å². The molecular formula is C17H22N2O. The average Bonchev–Trinajstić information content (AvgIpc) is 2.39. The number of nitrogens with two attached hydrogens (primary N) is 2. The van der Waals surface area contributed by atoms with Gasteiger partial charge < -0.3 is 16.6 Å². The second-order valence-electron chi connectivity index (χ2n) is 5.64. The lowest BCUT2D eigenvalue weighted by Crippen LogP contribution is -2.67.